The van der Waals surface area contributed by atoms with E-state index in [9.17, 15) is 14.9 Å². The van der Waals surface area contributed by atoms with Crippen molar-refractivity contribution in [2.24, 2.45) is 5.92 Å². The lowest BCUT2D eigenvalue weighted by Gasteiger charge is -2.18. The van der Waals surface area contributed by atoms with Crippen molar-refractivity contribution in [3.8, 4) is 0 Å². The third kappa shape index (κ3) is 2.53. The first-order valence-corrected chi connectivity index (χ1v) is 6.60. The first-order valence-electron chi connectivity index (χ1n) is 5.81. The number of nitro benzene ring substituents is 1. The van der Waals surface area contributed by atoms with Crippen LogP contribution >= 0.6 is 15.9 Å². The molecule has 1 saturated heterocycles. The van der Waals surface area contributed by atoms with Crippen LogP contribution in [0.1, 0.15) is 12.0 Å². The average Bonchev–Trinajstić information content (AvgIpc) is 2.70. The van der Waals surface area contributed by atoms with E-state index in [1.807, 2.05) is 0 Å². The van der Waals surface area contributed by atoms with Crippen LogP contribution in [-0.2, 0) is 4.79 Å². The van der Waals surface area contributed by atoms with E-state index in [4.69, 9.17) is 0 Å². The molecule has 100 valence electrons. The molecule has 1 aliphatic heterocycles. The van der Waals surface area contributed by atoms with Crippen LogP contribution in [0.4, 0.5) is 11.4 Å². The van der Waals surface area contributed by atoms with Gasteiger partial charge in [-0.2, -0.15) is 0 Å². The Labute approximate surface area is 119 Å². The molecule has 1 amide bonds. The Hall–Kier alpha value is -1.69. The maximum absolute atomic E-state index is 11.9. The predicted molar refractivity (Wildman–Crippen MR) is 76.2 cm³/mol. The quantitative estimate of drug-likeness (QED) is 0.487. The Bertz CT molecular complexity index is 571. The Morgan fingerprint density at radius 2 is 2.26 bits per heavy atom. The minimum Gasteiger partial charge on any atom is -0.310 e. The van der Waals surface area contributed by atoms with Crippen molar-refractivity contribution >= 4 is 33.2 Å². The van der Waals surface area contributed by atoms with Crippen LogP contribution in [0.15, 0.2) is 29.3 Å². The molecule has 0 aromatic heterocycles. The molecule has 6 heteroatoms. The van der Waals surface area contributed by atoms with E-state index in [1.165, 1.54) is 6.07 Å². The third-order valence-electron chi connectivity index (χ3n) is 3.24. The van der Waals surface area contributed by atoms with E-state index in [0.29, 0.717) is 28.7 Å². The lowest BCUT2D eigenvalue weighted by Crippen LogP contribution is -2.24. The normalized spacial score (nSPS) is 18.7. The van der Waals surface area contributed by atoms with Crippen LogP contribution in [-0.4, -0.2) is 17.4 Å². The van der Waals surface area contributed by atoms with Gasteiger partial charge in [-0.05, 0) is 28.9 Å². The Morgan fingerprint density at radius 3 is 2.79 bits per heavy atom. The fraction of sp³-hybridized carbons (Fsp3) is 0.308. The van der Waals surface area contributed by atoms with Gasteiger partial charge in [0, 0.05) is 35.0 Å². The van der Waals surface area contributed by atoms with Gasteiger partial charge in [-0.25, -0.2) is 0 Å². The largest absolute Gasteiger partial charge is 0.310 e. The second kappa shape index (κ2) is 5.13. The molecule has 1 unspecified atom stereocenters. The van der Waals surface area contributed by atoms with Gasteiger partial charge in [0.25, 0.3) is 5.69 Å². The molecule has 1 aliphatic rings. The lowest BCUT2D eigenvalue weighted by atomic mass is 10.1. The van der Waals surface area contributed by atoms with Crippen LogP contribution in [0.5, 0.6) is 0 Å². The van der Waals surface area contributed by atoms with Gasteiger partial charge in [0.05, 0.1) is 10.6 Å². The SMILES string of the molecule is C=CC1CC(=O)N(c2cc([N+](=O)[O-])c(C)cc2Br)C1. The molecule has 0 N–H and O–H groups in total. The number of hydrogen-bond acceptors (Lipinski definition) is 3. The molecule has 1 fully saturated rings. The van der Waals surface area contributed by atoms with Crippen molar-refractivity contribution in [3.05, 3.63) is 44.9 Å². The van der Waals surface area contributed by atoms with Gasteiger partial charge < -0.3 is 4.90 Å². The maximum Gasteiger partial charge on any atom is 0.274 e. The van der Waals surface area contributed by atoms with Crippen LogP contribution in [0.25, 0.3) is 0 Å². The number of amides is 1. The number of aryl methyl sites for hydroxylation is 1. The highest BCUT2D eigenvalue weighted by atomic mass is 79.9. The molecule has 0 spiro atoms. The summed E-state index contributed by atoms with van der Waals surface area (Å²) in [5.41, 5.74) is 1.13. The number of hydrogen-bond donors (Lipinski definition) is 0. The van der Waals surface area contributed by atoms with E-state index < -0.39 is 4.92 Å². The number of halogens is 1. The van der Waals surface area contributed by atoms with Gasteiger partial charge in [0.2, 0.25) is 5.91 Å². The zero-order chi connectivity index (χ0) is 14.2. The molecule has 1 aromatic rings. The first-order chi connectivity index (χ1) is 8.93. The van der Waals surface area contributed by atoms with Gasteiger partial charge in [-0.1, -0.05) is 6.08 Å². The zero-order valence-electron chi connectivity index (χ0n) is 10.4. The second-order valence-corrected chi connectivity index (χ2v) is 5.41. The maximum atomic E-state index is 11.9. The fourth-order valence-electron chi connectivity index (χ4n) is 2.18. The van der Waals surface area contributed by atoms with Crippen LogP contribution < -0.4 is 4.90 Å². The highest BCUT2D eigenvalue weighted by Gasteiger charge is 2.31. The smallest absolute Gasteiger partial charge is 0.274 e. The zero-order valence-corrected chi connectivity index (χ0v) is 12.0. The van der Waals surface area contributed by atoms with Crippen molar-refractivity contribution in [2.75, 3.05) is 11.4 Å². The van der Waals surface area contributed by atoms with Crippen molar-refractivity contribution in [1.82, 2.24) is 0 Å². The Balaban J connectivity index is 2.45. The molecule has 1 heterocycles. The number of benzene rings is 1. The van der Waals surface area contributed by atoms with Crippen LogP contribution in [0.3, 0.4) is 0 Å². The molecule has 2 rings (SSSR count). The summed E-state index contributed by atoms with van der Waals surface area (Å²) >= 11 is 3.37. The molecular formula is C13H13BrN2O3. The summed E-state index contributed by atoms with van der Waals surface area (Å²) in [4.78, 5) is 24.1. The van der Waals surface area contributed by atoms with E-state index in [-0.39, 0.29) is 17.5 Å². The highest BCUT2D eigenvalue weighted by Crippen LogP contribution is 2.36. The molecular weight excluding hydrogens is 312 g/mol. The predicted octanol–water partition coefficient (Wildman–Crippen LogP) is 3.20. The van der Waals surface area contributed by atoms with Crippen molar-refractivity contribution in [2.45, 2.75) is 13.3 Å². The van der Waals surface area contributed by atoms with Gasteiger partial charge >= 0.3 is 0 Å². The second-order valence-electron chi connectivity index (χ2n) is 4.55. The summed E-state index contributed by atoms with van der Waals surface area (Å²) in [6.45, 7) is 5.88. The number of nitrogens with zero attached hydrogens (tertiary/aromatic N) is 2. The number of nitro groups is 1. The van der Waals surface area contributed by atoms with Crippen molar-refractivity contribution in [3.63, 3.8) is 0 Å². The standard InChI is InChI=1S/C13H13BrN2O3/c1-3-9-5-13(17)15(7-9)12-6-11(16(18)19)8(2)4-10(12)14/h3-4,6,9H,1,5,7H2,2H3. The Morgan fingerprint density at radius 1 is 1.58 bits per heavy atom. The van der Waals surface area contributed by atoms with Gasteiger partial charge in [-0.15, -0.1) is 6.58 Å². The molecule has 19 heavy (non-hydrogen) atoms. The van der Waals surface area contributed by atoms with Gasteiger partial charge in [-0.3, -0.25) is 14.9 Å². The minimum atomic E-state index is -0.434. The summed E-state index contributed by atoms with van der Waals surface area (Å²) in [5.74, 6) is 0.0588. The summed E-state index contributed by atoms with van der Waals surface area (Å²) < 4.78 is 0.689. The molecule has 5 nitrogen and oxygen atoms in total. The number of carbonyl (C=O) groups excluding carboxylic acids is 1. The highest BCUT2D eigenvalue weighted by molar-refractivity contribution is 9.10. The number of anilines is 1. The number of carbonyl (C=O) groups is 1. The van der Waals surface area contributed by atoms with Crippen LogP contribution in [0.2, 0.25) is 0 Å². The van der Waals surface area contributed by atoms with Crippen molar-refractivity contribution < 1.29 is 9.72 Å². The third-order valence-corrected chi connectivity index (χ3v) is 3.88. The monoisotopic (exact) mass is 324 g/mol. The fourth-order valence-corrected chi connectivity index (χ4v) is 2.85. The minimum absolute atomic E-state index is 0.0213. The molecule has 0 aliphatic carbocycles. The first kappa shape index (κ1) is 13.7. The van der Waals surface area contributed by atoms with Crippen molar-refractivity contribution in [1.29, 1.82) is 0 Å². The van der Waals surface area contributed by atoms with Gasteiger partial charge in [0.1, 0.15) is 0 Å². The van der Waals surface area contributed by atoms with E-state index in [0.717, 1.165) is 0 Å². The summed E-state index contributed by atoms with van der Waals surface area (Å²) in [6.07, 6.45) is 2.14. The van der Waals surface area contributed by atoms with E-state index >= 15 is 0 Å². The average molecular weight is 325 g/mol. The summed E-state index contributed by atoms with van der Waals surface area (Å²) in [6, 6.07) is 3.12. The van der Waals surface area contributed by atoms with Gasteiger partial charge in [0.15, 0.2) is 0 Å². The molecule has 0 saturated carbocycles. The molecule has 1 atom stereocenters. The molecule has 0 radical (unpaired) electrons. The lowest BCUT2D eigenvalue weighted by molar-refractivity contribution is -0.385. The molecule has 1 aromatic carbocycles. The van der Waals surface area contributed by atoms with E-state index in [2.05, 4.69) is 22.5 Å². The van der Waals surface area contributed by atoms with Crippen LogP contribution in [0, 0.1) is 23.0 Å². The summed E-state index contributed by atoms with van der Waals surface area (Å²) in [5, 5.41) is 11.0. The number of rotatable bonds is 3. The molecule has 0 bridgehead atoms. The Kier molecular flexibility index (Phi) is 3.71. The summed E-state index contributed by atoms with van der Waals surface area (Å²) in [7, 11) is 0. The van der Waals surface area contributed by atoms with E-state index in [1.54, 1.807) is 24.0 Å². The topological polar surface area (TPSA) is 63.5 Å².